The van der Waals surface area contributed by atoms with Crippen LogP contribution in [0.5, 0.6) is 5.75 Å². The number of carbonyl (C=O) groups is 2. The lowest BCUT2D eigenvalue weighted by Gasteiger charge is -2.10. The van der Waals surface area contributed by atoms with Crippen LogP contribution < -0.4 is 15.8 Å². The molecule has 0 unspecified atom stereocenters. The van der Waals surface area contributed by atoms with E-state index in [1.54, 1.807) is 24.3 Å². The van der Waals surface area contributed by atoms with E-state index in [0.717, 1.165) is 16.6 Å². The summed E-state index contributed by atoms with van der Waals surface area (Å²) in [6.45, 7) is 2.56. The Hall–Kier alpha value is -2.34. The van der Waals surface area contributed by atoms with Crippen molar-refractivity contribution in [2.75, 3.05) is 11.9 Å². The first-order valence-corrected chi connectivity index (χ1v) is 8.90. The number of rotatable bonds is 8. The number of carbonyl (C=O) groups excluding carboxylic acids is 2. The number of nitrogens with two attached hydrogens (primary N) is 1. The van der Waals surface area contributed by atoms with Crippen molar-refractivity contribution in [2.45, 2.75) is 26.2 Å². The fourth-order valence-corrected chi connectivity index (χ4v) is 2.78. The quantitative estimate of drug-likeness (QED) is 0.654. The molecule has 3 N–H and O–H groups in total. The third-order valence-corrected chi connectivity index (χ3v) is 4.28. The highest BCUT2D eigenvalue weighted by atomic mass is 79.9. The van der Waals surface area contributed by atoms with Crippen LogP contribution in [0.3, 0.4) is 0 Å². The zero-order valence-corrected chi connectivity index (χ0v) is 15.6. The first-order chi connectivity index (χ1) is 12.0. The normalized spacial score (nSPS) is 10.3. The molecule has 2 aromatic carbocycles. The van der Waals surface area contributed by atoms with Crippen LogP contribution in [0.2, 0.25) is 0 Å². The van der Waals surface area contributed by atoms with Crippen molar-refractivity contribution in [1.82, 2.24) is 0 Å². The zero-order valence-electron chi connectivity index (χ0n) is 14.0. The van der Waals surface area contributed by atoms with Gasteiger partial charge in [-0.15, -0.1) is 0 Å². The Morgan fingerprint density at radius 1 is 1.16 bits per heavy atom. The lowest BCUT2D eigenvalue weighted by Crippen LogP contribution is -2.14. The summed E-state index contributed by atoms with van der Waals surface area (Å²) in [5.41, 5.74) is 7.46. The highest BCUT2D eigenvalue weighted by Gasteiger charge is 2.06. The Kier molecular flexibility index (Phi) is 7.01. The van der Waals surface area contributed by atoms with Gasteiger partial charge in [0.15, 0.2) is 0 Å². The van der Waals surface area contributed by atoms with Gasteiger partial charge in [-0.25, -0.2) is 0 Å². The van der Waals surface area contributed by atoms with Gasteiger partial charge in [0.05, 0.1) is 11.1 Å². The molecule has 0 heterocycles. The second-order valence-corrected chi connectivity index (χ2v) is 6.41. The van der Waals surface area contributed by atoms with Gasteiger partial charge in [-0.3, -0.25) is 9.59 Å². The van der Waals surface area contributed by atoms with Gasteiger partial charge in [-0.05, 0) is 70.7 Å². The van der Waals surface area contributed by atoms with Crippen molar-refractivity contribution >= 4 is 33.4 Å². The molecule has 0 aromatic heterocycles. The molecule has 0 bridgehead atoms. The van der Waals surface area contributed by atoms with Gasteiger partial charge in [-0.2, -0.15) is 0 Å². The van der Waals surface area contributed by atoms with E-state index in [4.69, 9.17) is 10.5 Å². The molecule has 0 atom stereocenters. The summed E-state index contributed by atoms with van der Waals surface area (Å²) in [6.07, 6.45) is 1.93. The molecule has 2 aromatic rings. The number of nitrogens with one attached hydrogen (secondary N) is 1. The second kappa shape index (κ2) is 9.22. The Bertz CT molecular complexity index is 745. The standard InChI is InChI=1S/C19H21BrN2O3/c1-2-13-5-10-17(16(20)12-13)25-11-3-4-18(23)22-15-8-6-14(7-9-15)19(21)24/h5-10,12H,2-4,11H2,1H3,(H2,21,24)(H,22,23). The van der Waals surface area contributed by atoms with E-state index in [9.17, 15) is 9.59 Å². The molecule has 0 spiro atoms. The molecular weight excluding hydrogens is 384 g/mol. The minimum atomic E-state index is -0.492. The minimum Gasteiger partial charge on any atom is -0.492 e. The second-order valence-electron chi connectivity index (χ2n) is 5.56. The predicted octanol–water partition coefficient (Wildman–Crippen LogP) is 3.91. The van der Waals surface area contributed by atoms with Gasteiger partial charge in [-0.1, -0.05) is 13.0 Å². The first-order valence-electron chi connectivity index (χ1n) is 8.10. The maximum absolute atomic E-state index is 11.9. The molecule has 2 amide bonds. The van der Waals surface area contributed by atoms with Crippen LogP contribution in [0.4, 0.5) is 5.69 Å². The summed E-state index contributed by atoms with van der Waals surface area (Å²) in [4.78, 5) is 22.9. The summed E-state index contributed by atoms with van der Waals surface area (Å²) in [5, 5.41) is 2.78. The minimum absolute atomic E-state index is 0.101. The van der Waals surface area contributed by atoms with E-state index >= 15 is 0 Å². The number of primary amides is 1. The first kappa shape index (κ1) is 19.0. The van der Waals surface area contributed by atoms with Crippen LogP contribution in [0.25, 0.3) is 0 Å². The summed E-state index contributed by atoms with van der Waals surface area (Å²) in [7, 11) is 0. The third-order valence-electron chi connectivity index (χ3n) is 3.66. The van der Waals surface area contributed by atoms with Crippen LogP contribution in [-0.4, -0.2) is 18.4 Å². The van der Waals surface area contributed by atoms with Crippen LogP contribution in [0.1, 0.15) is 35.7 Å². The van der Waals surface area contributed by atoms with Gasteiger partial charge in [0.1, 0.15) is 5.75 Å². The molecule has 25 heavy (non-hydrogen) atoms. The Morgan fingerprint density at radius 2 is 1.88 bits per heavy atom. The molecule has 132 valence electrons. The number of aryl methyl sites for hydroxylation is 1. The van der Waals surface area contributed by atoms with E-state index < -0.39 is 5.91 Å². The third kappa shape index (κ3) is 5.90. The van der Waals surface area contributed by atoms with Crippen molar-refractivity contribution in [1.29, 1.82) is 0 Å². The molecule has 0 aliphatic rings. The van der Waals surface area contributed by atoms with Gasteiger partial charge < -0.3 is 15.8 Å². The van der Waals surface area contributed by atoms with Gasteiger partial charge in [0, 0.05) is 17.7 Å². The van der Waals surface area contributed by atoms with Crippen LogP contribution in [-0.2, 0) is 11.2 Å². The number of ether oxygens (including phenoxy) is 1. The highest BCUT2D eigenvalue weighted by molar-refractivity contribution is 9.10. The fourth-order valence-electron chi connectivity index (χ4n) is 2.24. The van der Waals surface area contributed by atoms with E-state index in [1.165, 1.54) is 5.56 Å². The van der Waals surface area contributed by atoms with Gasteiger partial charge in [0.2, 0.25) is 11.8 Å². The molecule has 0 radical (unpaired) electrons. The average Bonchev–Trinajstić information content (AvgIpc) is 2.60. The van der Waals surface area contributed by atoms with E-state index in [1.807, 2.05) is 18.2 Å². The van der Waals surface area contributed by atoms with Crippen LogP contribution in [0, 0.1) is 0 Å². The van der Waals surface area contributed by atoms with Crippen molar-refractivity contribution in [3.63, 3.8) is 0 Å². The van der Waals surface area contributed by atoms with Crippen LogP contribution >= 0.6 is 15.9 Å². The molecular formula is C19H21BrN2O3. The lowest BCUT2D eigenvalue weighted by atomic mass is 10.2. The Balaban J connectivity index is 1.74. The summed E-state index contributed by atoms with van der Waals surface area (Å²) in [5.74, 6) is 0.184. The molecule has 0 saturated carbocycles. The number of hydrogen-bond acceptors (Lipinski definition) is 3. The maximum atomic E-state index is 11.9. The van der Waals surface area contributed by atoms with Crippen molar-refractivity contribution in [3.8, 4) is 5.75 Å². The van der Waals surface area contributed by atoms with Crippen LogP contribution in [0.15, 0.2) is 46.9 Å². The SMILES string of the molecule is CCc1ccc(OCCCC(=O)Nc2ccc(C(N)=O)cc2)c(Br)c1. The molecule has 2 rings (SSSR count). The zero-order chi connectivity index (χ0) is 18.2. The van der Waals surface area contributed by atoms with Crippen molar-refractivity contribution < 1.29 is 14.3 Å². The fraction of sp³-hybridized carbons (Fsp3) is 0.263. The maximum Gasteiger partial charge on any atom is 0.248 e. The molecule has 6 heteroatoms. The molecule has 0 saturated heterocycles. The Labute approximate surface area is 155 Å². The number of amides is 2. The summed E-state index contributed by atoms with van der Waals surface area (Å²) < 4.78 is 6.62. The molecule has 5 nitrogen and oxygen atoms in total. The molecule has 0 aliphatic carbocycles. The highest BCUT2D eigenvalue weighted by Crippen LogP contribution is 2.26. The number of hydrogen-bond donors (Lipinski definition) is 2. The van der Waals surface area contributed by atoms with E-state index in [-0.39, 0.29) is 5.91 Å². The number of anilines is 1. The van der Waals surface area contributed by atoms with Gasteiger partial charge in [0.25, 0.3) is 0 Å². The predicted molar refractivity (Wildman–Crippen MR) is 102 cm³/mol. The smallest absolute Gasteiger partial charge is 0.248 e. The molecule has 0 fully saturated rings. The monoisotopic (exact) mass is 404 g/mol. The molecule has 0 aliphatic heterocycles. The summed E-state index contributed by atoms with van der Waals surface area (Å²) in [6, 6.07) is 12.5. The lowest BCUT2D eigenvalue weighted by molar-refractivity contribution is -0.116. The largest absolute Gasteiger partial charge is 0.492 e. The number of benzene rings is 2. The average molecular weight is 405 g/mol. The Morgan fingerprint density at radius 3 is 2.48 bits per heavy atom. The number of halogens is 1. The van der Waals surface area contributed by atoms with Crippen molar-refractivity contribution in [2.24, 2.45) is 5.73 Å². The summed E-state index contributed by atoms with van der Waals surface area (Å²) >= 11 is 3.49. The van der Waals surface area contributed by atoms with Gasteiger partial charge >= 0.3 is 0 Å². The van der Waals surface area contributed by atoms with Crippen molar-refractivity contribution in [3.05, 3.63) is 58.1 Å². The van der Waals surface area contributed by atoms with E-state index in [2.05, 4.69) is 28.2 Å². The topological polar surface area (TPSA) is 81.4 Å². The van der Waals surface area contributed by atoms with E-state index in [0.29, 0.717) is 30.7 Å².